The SMILES string of the molecule is NCC1O[C@H](O[C@@H]2C(N)C[C@@H](N)C(O)C2O[C@@H]2O[C@H](CO)[C@H](O[C@H]3OC(CN)[C@@H](O)C(O)C3N)[C@@H]2O)C(N)C(O)[C@@H]1O. The van der Waals surface area contributed by atoms with E-state index in [-0.39, 0.29) is 19.5 Å². The van der Waals surface area contributed by atoms with Gasteiger partial charge < -0.3 is 98.6 Å². The molecule has 4 fully saturated rings. The average Bonchev–Trinajstić information content (AvgIpc) is 3.27. The van der Waals surface area contributed by atoms with Crippen LogP contribution in [0.3, 0.4) is 0 Å². The summed E-state index contributed by atoms with van der Waals surface area (Å²) in [7, 11) is 0. The third kappa shape index (κ3) is 6.60. The minimum atomic E-state index is -1.60. The molecule has 0 aromatic carbocycles. The van der Waals surface area contributed by atoms with Gasteiger partial charge in [-0.25, -0.2) is 0 Å². The van der Waals surface area contributed by atoms with Crippen LogP contribution in [0.1, 0.15) is 6.42 Å². The summed E-state index contributed by atoms with van der Waals surface area (Å²) in [6.45, 7) is -0.967. The van der Waals surface area contributed by atoms with Crippen molar-refractivity contribution in [2.45, 2.75) is 123 Å². The minimum absolute atomic E-state index is 0.0889. The van der Waals surface area contributed by atoms with E-state index in [0.29, 0.717) is 0 Å². The van der Waals surface area contributed by atoms with Crippen molar-refractivity contribution in [3.8, 4) is 0 Å². The van der Waals surface area contributed by atoms with Gasteiger partial charge in [-0.3, -0.25) is 0 Å². The maximum Gasteiger partial charge on any atom is 0.187 e. The number of rotatable bonds is 9. The predicted molar refractivity (Wildman–Crippen MR) is 138 cm³/mol. The number of aliphatic hydroxyl groups is 7. The van der Waals surface area contributed by atoms with Crippen LogP contribution in [0.4, 0.5) is 0 Å². The van der Waals surface area contributed by atoms with Crippen LogP contribution in [-0.4, -0.2) is 172 Å². The zero-order valence-corrected chi connectivity index (χ0v) is 22.8. The zero-order valence-electron chi connectivity index (χ0n) is 22.8. The first-order chi connectivity index (χ1) is 19.8. The summed E-state index contributed by atoms with van der Waals surface area (Å²) >= 11 is 0. The molecule has 0 radical (unpaired) electrons. The molecule has 3 heterocycles. The van der Waals surface area contributed by atoms with E-state index in [1.54, 1.807) is 0 Å². The van der Waals surface area contributed by atoms with Crippen LogP contribution in [0.5, 0.6) is 0 Å². The van der Waals surface area contributed by atoms with Crippen LogP contribution in [-0.2, 0) is 28.4 Å². The molecule has 19 N–H and O–H groups in total. The van der Waals surface area contributed by atoms with Crippen LogP contribution < -0.4 is 34.4 Å². The van der Waals surface area contributed by atoms with Gasteiger partial charge in [-0.05, 0) is 6.42 Å². The number of ether oxygens (including phenoxy) is 6. The molecule has 0 spiro atoms. The zero-order chi connectivity index (χ0) is 31.0. The highest BCUT2D eigenvalue weighted by molar-refractivity contribution is 5.02. The fourth-order valence-corrected chi connectivity index (χ4v) is 5.74. The van der Waals surface area contributed by atoms with Gasteiger partial charge in [0.1, 0.15) is 67.1 Å². The third-order valence-electron chi connectivity index (χ3n) is 8.37. The van der Waals surface area contributed by atoms with E-state index in [4.69, 9.17) is 62.8 Å². The average molecular weight is 615 g/mol. The molecule has 42 heavy (non-hydrogen) atoms. The first kappa shape index (κ1) is 34.1. The van der Waals surface area contributed by atoms with Crippen molar-refractivity contribution >= 4 is 0 Å². The van der Waals surface area contributed by atoms with Gasteiger partial charge in [0, 0.05) is 25.2 Å². The van der Waals surface area contributed by atoms with E-state index in [2.05, 4.69) is 0 Å². The Kier molecular flexibility index (Phi) is 11.5. The summed E-state index contributed by atoms with van der Waals surface area (Å²) in [6, 6.07) is -4.18. The lowest BCUT2D eigenvalue weighted by atomic mass is 9.84. The Hall–Kier alpha value is -0.760. The molecule has 19 atom stereocenters. The van der Waals surface area contributed by atoms with Crippen molar-refractivity contribution in [2.75, 3.05) is 19.7 Å². The summed E-state index contributed by atoms with van der Waals surface area (Å²) in [6.07, 6.45) is -19.8. The molecule has 1 aliphatic carbocycles. The van der Waals surface area contributed by atoms with Gasteiger partial charge in [0.25, 0.3) is 0 Å². The smallest absolute Gasteiger partial charge is 0.187 e. The maximum absolute atomic E-state index is 11.1. The summed E-state index contributed by atoms with van der Waals surface area (Å²) in [5, 5.41) is 73.0. The molecule has 3 aliphatic heterocycles. The van der Waals surface area contributed by atoms with E-state index in [0.717, 1.165) is 0 Å². The van der Waals surface area contributed by atoms with E-state index < -0.39 is 123 Å². The largest absolute Gasteiger partial charge is 0.394 e. The predicted octanol–water partition coefficient (Wildman–Crippen LogP) is -8.90. The summed E-state index contributed by atoms with van der Waals surface area (Å²) in [4.78, 5) is 0. The Morgan fingerprint density at radius 2 is 0.976 bits per heavy atom. The standard InChI is InChI=1S/C23H46N6O13/c24-2-7-13(32)15(34)10(28)21(37-7)40-18-6(27)1-5(26)12(31)20(18)42-23-17(36)19(9(4-30)39-23)41-22-11(29)16(35)14(33)8(3-25)38-22/h5-23,30-36H,1-4,24-29H2/t5-,6?,7?,8?,9-,10?,11?,12?,13-,14-,15?,16?,17+,18-,19+,20?,21-,22-,23+/m1/s1. The second kappa shape index (κ2) is 14.1. The molecule has 19 heteroatoms. The fraction of sp³-hybridized carbons (Fsp3) is 1.00. The third-order valence-corrected chi connectivity index (χ3v) is 8.37. The van der Waals surface area contributed by atoms with Crippen molar-refractivity contribution in [1.82, 2.24) is 0 Å². The molecular weight excluding hydrogens is 568 g/mol. The second-order valence-corrected chi connectivity index (χ2v) is 11.2. The first-order valence-corrected chi connectivity index (χ1v) is 13.9. The first-order valence-electron chi connectivity index (χ1n) is 13.9. The van der Waals surface area contributed by atoms with Crippen molar-refractivity contribution in [3.63, 3.8) is 0 Å². The second-order valence-electron chi connectivity index (χ2n) is 11.2. The Labute approximate surface area is 241 Å². The Morgan fingerprint density at radius 3 is 1.45 bits per heavy atom. The van der Waals surface area contributed by atoms with Crippen molar-refractivity contribution < 1.29 is 64.2 Å². The van der Waals surface area contributed by atoms with E-state index >= 15 is 0 Å². The number of hydrogen-bond donors (Lipinski definition) is 13. The highest BCUT2D eigenvalue weighted by Gasteiger charge is 2.54. The molecule has 3 saturated heterocycles. The van der Waals surface area contributed by atoms with Crippen molar-refractivity contribution in [1.29, 1.82) is 0 Å². The van der Waals surface area contributed by atoms with Crippen LogP contribution in [0.2, 0.25) is 0 Å². The van der Waals surface area contributed by atoms with Gasteiger partial charge in [0.2, 0.25) is 0 Å². The quantitative estimate of drug-likeness (QED) is 0.115. The molecule has 1 saturated carbocycles. The highest BCUT2D eigenvalue weighted by Crippen LogP contribution is 2.34. The Balaban J connectivity index is 1.50. The molecule has 9 unspecified atom stereocenters. The molecule has 4 rings (SSSR count). The lowest BCUT2D eigenvalue weighted by molar-refractivity contribution is -0.306. The summed E-state index contributed by atoms with van der Waals surface area (Å²) in [5.41, 5.74) is 35.6. The normalized spacial score (nSPS) is 53.8. The van der Waals surface area contributed by atoms with Crippen molar-refractivity contribution in [2.24, 2.45) is 34.4 Å². The molecule has 0 bridgehead atoms. The molecule has 246 valence electrons. The lowest BCUT2D eigenvalue weighted by Gasteiger charge is -2.47. The maximum atomic E-state index is 11.1. The number of hydrogen-bond acceptors (Lipinski definition) is 19. The van der Waals surface area contributed by atoms with Gasteiger partial charge in [-0.15, -0.1) is 0 Å². The molecule has 4 aliphatic rings. The van der Waals surface area contributed by atoms with Crippen LogP contribution in [0.15, 0.2) is 0 Å². The topological polar surface area (TPSA) is 353 Å². The van der Waals surface area contributed by atoms with Crippen LogP contribution >= 0.6 is 0 Å². The fourth-order valence-electron chi connectivity index (χ4n) is 5.74. The molecule has 0 amide bonds. The Bertz CT molecular complexity index is 868. The number of nitrogens with two attached hydrogens (primary N) is 6. The van der Waals surface area contributed by atoms with Crippen LogP contribution in [0, 0.1) is 0 Å². The van der Waals surface area contributed by atoms with Gasteiger partial charge >= 0.3 is 0 Å². The minimum Gasteiger partial charge on any atom is -0.394 e. The summed E-state index contributed by atoms with van der Waals surface area (Å²) in [5.74, 6) is 0. The molecular formula is C23H46N6O13. The molecule has 0 aromatic heterocycles. The monoisotopic (exact) mass is 614 g/mol. The van der Waals surface area contributed by atoms with Crippen LogP contribution in [0.25, 0.3) is 0 Å². The molecule has 19 nitrogen and oxygen atoms in total. The van der Waals surface area contributed by atoms with E-state index in [9.17, 15) is 35.7 Å². The molecule has 0 aromatic rings. The number of aliphatic hydroxyl groups excluding tert-OH is 7. The Morgan fingerprint density at radius 1 is 0.524 bits per heavy atom. The van der Waals surface area contributed by atoms with E-state index in [1.165, 1.54) is 0 Å². The summed E-state index contributed by atoms with van der Waals surface area (Å²) < 4.78 is 34.6. The van der Waals surface area contributed by atoms with Gasteiger partial charge in [-0.1, -0.05) is 0 Å². The lowest BCUT2D eigenvalue weighted by Crippen LogP contribution is -2.68. The van der Waals surface area contributed by atoms with Gasteiger partial charge in [-0.2, -0.15) is 0 Å². The van der Waals surface area contributed by atoms with E-state index in [1.807, 2.05) is 0 Å². The highest BCUT2D eigenvalue weighted by atomic mass is 16.8. The van der Waals surface area contributed by atoms with Gasteiger partial charge in [0.15, 0.2) is 18.9 Å². The van der Waals surface area contributed by atoms with Gasteiger partial charge in [0.05, 0.1) is 24.8 Å². The van der Waals surface area contributed by atoms with Crippen molar-refractivity contribution in [3.05, 3.63) is 0 Å².